The molecule has 0 atom stereocenters. The van der Waals surface area contributed by atoms with Crippen molar-refractivity contribution in [2.45, 2.75) is 32.5 Å². The van der Waals surface area contributed by atoms with E-state index in [0.717, 1.165) is 11.0 Å². The van der Waals surface area contributed by atoms with Gasteiger partial charge in [-0.05, 0) is 6.42 Å². The van der Waals surface area contributed by atoms with Crippen LogP contribution in [0, 0.1) is 0 Å². The third kappa shape index (κ3) is 2.77. The Bertz CT molecular complexity index is 423. The molecule has 0 unspecified atom stereocenters. The number of hydrogen-bond donors (Lipinski definition) is 1. The van der Waals surface area contributed by atoms with Crippen molar-refractivity contribution in [3.05, 3.63) is 28.0 Å². The number of hydrogen-bond acceptors (Lipinski definition) is 2. The van der Waals surface area contributed by atoms with Gasteiger partial charge < -0.3 is 5.11 Å². The summed E-state index contributed by atoms with van der Waals surface area (Å²) in [6.07, 6.45) is -3.20. The van der Waals surface area contributed by atoms with Gasteiger partial charge in [0.15, 0.2) is 5.88 Å². The highest BCUT2D eigenvalue weighted by Gasteiger charge is 2.32. The molecule has 0 aromatic carbocycles. The van der Waals surface area contributed by atoms with E-state index in [1.54, 1.807) is 0 Å². The Hall–Kier alpha value is -1.46. The fraction of sp³-hybridized carbons (Fsp3) is 0.500. The molecule has 1 rings (SSSR count). The second-order valence-electron chi connectivity index (χ2n) is 3.44. The molecule has 3 nitrogen and oxygen atoms in total. The lowest BCUT2D eigenvalue weighted by molar-refractivity contribution is -0.137. The average Bonchev–Trinajstić information content (AvgIpc) is 2.15. The van der Waals surface area contributed by atoms with Crippen molar-refractivity contribution < 1.29 is 18.3 Å². The summed E-state index contributed by atoms with van der Waals surface area (Å²) in [5.41, 5.74) is -1.96. The van der Waals surface area contributed by atoms with Gasteiger partial charge >= 0.3 is 6.18 Å². The molecule has 1 aromatic rings. The van der Waals surface area contributed by atoms with Crippen LogP contribution >= 0.6 is 0 Å². The molecule has 0 saturated heterocycles. The molecule has 0 fully saturated rings. The van der Waals surface area contributed by atoms with Crippen LogP contribution in [0.3, 0.4) is 0 Å². The Morgan fingerprint density at radius 3 is 2.44 bits per heavy atom. The number of alkyl halides is 3. The highest BCUT2D eigenvalue weighted by molar-refractivity contribution is 5.23. The first kappa shape index (κ1) is 12.6. The van der Waals surface area contributed by atoms with Crippen molar-refractivity contribution in [2.24, 2.45) is 0 Å². The van der Waals surface area contributed by atoms with Crippen molar-refractivity contribution in [3.63, 3.8) is 0 Å². The molecule has 0 aliphatic rings. The van der Waals surface area contributed by atoms with Gasteiger partial charge in [0.2, 0.25) is 0 Å². The van der Waals surface area contributed by atoms with Crippen LogP contribution in [0.2, 0.25) is 0 Å². The predicted molar refractivity (Wildman–Crippen MR) is 52.3 cm³/mol. The van der Waals surface area contributed by atoms with Crippen LogP contribution in [0.25, 0.3) is 0 Å². The first-order valence-electron chi connectivity index (χ1n) is 4.87. The summed E-state index contributed by atoms with van der Waals surface area (Å²) in [5.74, 6) is -0.645. The van der Waals surface area contributed by atoms with E-state index < -0.39 is 23.2 Å². The van der Waals surface area contributed by atoms with E-state index in [1.807, 2.05) is 6.92 Å². The van der Waals surface area contributed by atoms with Gasteiger partial charge in [-0.25, -0.2) is 0 Å². The lowest BCUT2D eigenvalue weighted by atomic mass is 10.2. The van der Waals surface area contributed by atoms with Crippen LogP contribution in [0.15, 0.2) is 16.9 Å². The second-order valence-corrected chi connectivity index (χ2v) is 3.44. The number of aromatic hydroxyl groups is 1. The number of halogens is 3. The Morgan fingerprint density at radius 1 is 1.38 bits per heavy atom. The summed E-state index contributed by atoms with van der Waals surface area (Å²) in [7, 11) is 0. The maximum atomic E-state index is 12.3. The third-order valence-corrected chi connectivity index (χ3v) is 2.17. The van der Waals surface area contributed by atoms with Crippen LogP contribution < -0.4 is 5.56 Å². The van der Waals surface area contributed by atoms with E-state index in [4.69, 9.17) is 0 Å². The minimum atomic E-state index is -4.61. The highest BCUT2D eigenvalue weighted by atomic mass is 19.4. The zero-order valence-corrected chi connectivity index (χ0v) is 8.71. The van der Waals surface area contributed by atoms with Crippen molar-refractivity contribution >= 4 is 0 Å². The van der Waals surface area contributed by atoms with Crippen molar-refractivity contribution in [3.8, 4) is 5.88 Å². The molecule has 1 aromatic heterocycles. The smallest absolute Gasteiger partial charge is 0.416 e. The molecule has 16 heavy (non-hydrogen) atoms. The minimum Gasteiger partial charge on any atom is -0.494 e. The number of rotatable bonds is 3. The Morgan fingerprint density at radius 2 is 2.00 bits per heavy atom. The van der Waals surface area contributed by atoms with E-state index in [2.05, 4.69) is 0 Å². The highest BCUT2D eigenvalue weighted by Crippen LogP contribution is 2.29. The number of unbranched alkanes of at least 4 members (excludes halogenated alkanes) is 1. The van der Waals surface area contributed by atoms with Crippen LogP contribution in [0.1, 0.15) is 25.3 Å². The van der Waals surface area contributed by atoms with Gasteiger partial charge in [0.25, 0.3) is 5.56 Å². The first-order chi connectivity index (χ1) is 7.36. The predicted octanol–water partition coefficient (Wildman–Crippen LogP) is 2.37. The van der Waals surface area contributed by atoms with Crippen molar-refractivity contribution in [1.29, 1.82) is 0 Å². The van der Waals surface area contributed by atoms with Gasteiger partial charge in [0.1, 0.15) is 0 Å². The summed E-state index contributed by atoms with van der Waals surface area (Å²) in [4.78, 5) is 11.3. The molecule has 90 valence electrons. The molecular formula is C10H12F3NO2. The fourth-order valence-electron chi connectivity index (χ4n) is 1.29. The maximum absolute atomic E-state index is 12.3. The van der Waals surface area contributed by atoms with Crippen molar-refractivity contribution in [2.75, 3.05) is 0 Å². The van der Waals surface area contributed by atoms with Gasteiger partial charge in [-0.1, -0.05) is 13.3 Å². The molecule has 6 heteroatoms. The third-order valence-electron chi connectivity index (χ3n) is 2.17. The number of aromatic nitrogens is 1. The van der Waals surface area contributed by atoms with E-state index in [-0.39, 0.29) is 6.54 Å². The summed E-state index contributed by atoms with van der Waals surface area (Å²) in [5, 5.41) is 9.33. The standard InChI is InChI=1S/C10H12F3NO2/c1-2-3-4-14-8(15)5-7(6-9(14)16)10(11,12)13/h5-6,15H,2-4H2,1H3. The molecule has 0 radical (unpaired) electrons. The van der Waals surface area contributed by atoms with Gasteiger partial charge in [-0.3, -0.25) is 9.36 Å². The number of nitrogens with zero attached hydrogens (tertiary/aromatic N) is 1. The van der Waals surface area contributed by atoms with Gasteiger partial charge in [-0.15, -0.1) is 0 Å². The fourth-order valence-corrected chi connectivity index (χ4v) is 1.29. The zero-order chi connectivity index (χ0) is 12.3. The van der Waals surface area contributed by atoms with Gasteiger partial charge in [-0.2, -0.15) is 13.2 Å². The first-order valence-corrected chi connectivity index (χ1v) is 4.87. The molecular weight excluding hydrogens is 223 g/mol. The van der Waals surface area contributed by atoms with E-state index in [9.17, 15) is 23.1 Å². The Balaban J connectivity index is 3.13. The lowest BCUT2D eigenvalue weighted by Crippen LogP contribution is -2.22. The Labute approximate surface area is 90.1 Å². The van der Waals surface area contributed by atoms with Crippen molar-refractivity contribution in [1.82, 2.24) is 4.57 Å². The molecule has 0 amide bonds. The molecule has 1 N–H and O–H groups in total. The SMILES string of the molecule is CCCCn1c(O)cc(C(F)(F)F)cc1=O. The van der Waals surface area contributed by atoms with Crippen LogP contribution in [-0.4, -0.2) is 9.67 Å². The van der Waals surface area contributed by atoms with Gasteiger partial charge in [0, 0.05) is 18.7 Å². The minimum absolute atomic E-state index is 0.222. The largest absolute Gasteiger partial charge is 0.494 e. The lowest BCUT2D eigenvalue weighted by Gasteiger charge is -2.11. The monoisotopic (exact) mass is 235 g/mol. The zero-order valence-electron chi connectivity index (χ0n) is 8.71. The van der Waals surface area contributed by atoms with E-state index in [0.29, 0.717) is 18.6 Å². The maximum Gasteiger partial charge on any atom is 0.416 e. The molecule has 0 aliphatic heterocycles. The van der Waals surface area contributed by atoms with Crippen LogP contribution in [0.5, 0.6) is 5.88 Å². The quantitative estimate of drug-likeness (QED) is 0.873. The topological polar surface area (TPSA) is 42.2 Å². The normalized spacial score (nSPS) is 11.8. The number of pyridine rings is 1. The molecule has 0 aliphatic carbocycles. The van der Waals surface area contributed by atoms with Gasteiger partial charge in [0.05, 0.1) is 5.56 Å². The summed E-state index contributed by atoms with van der Waals surface area (Å²) < 4.78 is 37.7. The Kier molecular flexibility index (Phi) is 3.62. The summed E-state index contributed by atoms with van der Waals surface area (Å²) in [6, 6.07) is 1.06. The van der Waals surface area contributed by atoms with E-state index in [1.165, 1.54) is 0 Å². The van der Waals surface area contributed by atoms with Crippen LogP contribution in [0.4, 0.5) is 13.2 Å². The second kappa shape index (κ2) is 4.59. The molecule has 0 bridgehead atoms. The average molecular weight is 235 g/mol. The summed E-state index contributed by atoms with van der Waals surface area (Å²) >= 11 is 0. The van der Waals surface area contributed by atoms with Crippen LogP contribution in [-0.2, 0) is 12.7 Å². The van der Waals surface area contributed by atoms with E-state index >= 15 is 0 Å². The molecule has 0 spiro atoms. The molecule has 1 heterocycles. The summed E-state index contributed by atoms with van der Waals surface area (Å²) in [6.45, 7) is 2.10. The molecule has 0 saturated carbocycles.